The number of hydrogen-bond donors (Lipinski definition) is 1. The molecule has 1 fully saturated rings. The van der Waals surface area contributed by atoms with E-state index in [1.165, 1.54) is 6.92 Å². The first-order chi connectivity index (χ1) is 7.99. The SMILES string of the molecule is CC(C)CN1CCOC(COC(C)C(=O)O)C1. The van der Waals surface area contributed by atoms with Gasteiger partial charge in [0.1, 0.15) is 0 Å². The molecular formula is C12H23NO4. The van der Waals surface area contributed by atoms with Crippen LogP contribution in [0.3, 0.4) is 0 Å². The predicted molar refractivity (Wildman–Crippen MR) is 64.1 cm³/mol. The zero-order valence-corrected chi connectivity index (χ0v) is 10.9. The minimum Gasteiger partial charge on any atom is -0.479 e. The molecule has 0 saturated carbocycles. The van der Waals surface area contributed by atoms with Crippen LogP contribution in [0.5, 0.6) is 0 Å². The summed E-state index contributed by atoms with van der Waals surface area (Å²) in [7, 11) is 0. The van der Waals surface area contributed by atoms with E-state index >= 15 is 0 Å². The van der Waals surface area contributed by atoms with Gasteiger partial charge in [-0.05, 0) is 12.8 Å². The van der Waals surface area contributed by atoms with Crippen molar-refractivity contribution in [2.24, 2.45) is 5.92 Å². The number of carboxylic acid groups (broad SMARTS) is 1. The van der Waals surface area contributed by atoms with Gasteiger partial charge in [0.2, 0.25) is 0 Å². The largest absolute Gasteiger partial charge is 0.479 e. The Morgan fingerprint density at radius 1 is 1.53 bits per heavy atom. The number of nitrogens with zero attached hydrogens (tertiary/aromatic N) is 1. The Labute approximate surface area is 103 Å². The van der Waals surface area contributed by atoms with Crippen molar-refractivity contribution >= 4 is 5.97 Å². The molecule has 100 valence electrons. The molecule has 1 heterocycles. The van der Waals surface area contributed by atoms with Gasteiger partial charge in [0.15, 0.2) is 6.10 Å². The van der Waals surface area contributed by atoms with Crippen molar-refractivity contribution < 1.29 is 19.4 Å². The summed E-state index contributed by atoms with van der Waals surface area (Å²) >= 11 is 0. The Hall–Kier alpha value is -0.650. The molecule has 1 saturated heterocycles. The molecule has 0 amide bonds. The van der Waals surface area contributed by atoms with Gasteiger partial charge >= 0.3 is 5.97 Å². The molecular weight excluding hydrogens is 222 g/mol. The van der Waals surface area contributed by atoms with Gasteiger partial charge in [0.25, 0.3) is 0 Å². The van der Waals surface area contributed by atoms with E-state index in [1.807, 2.05) is 0 Å². The summed E-state index contributed by atoms with van der Waals surface area (Å²) in [5.74, 6) is -0.299. The minimum atomic E-state index is -0.931. The fraction of sp³-hybridized carbons (Fsp3) is 0.917. The topological polar surface area (TPSA) is 59.0 Å². The number of carboxylic acids is 1. The standard InChI is InChI=1S/C12H23NO4/c1-9(2)6-13-4-5-16-11(7-13)8-17-10(3)12(14)15/h9-11H,4-8H2,1-3H3,(H,14,15). The molecule has 1 aliphatic heterocycles. The molecule has 0 aromatic heterocycles. The second-order valence-electron chi connectivity index (χ2n) is 4.96. The van der Waals surface area contributed by atoms with Crippen LogP contribution in [-0.4, -0.2) is 61.0 Å². The number of morpholine rings is 1. The van der Waals surface area contributed by atoms with Crippen LogP contribution in [0.2, 0.25) is 0 Å². The molecule has 0 aromatic carbocycles. The van der Waals surface area contributed by atoms with Gasteiger partial charge in [0, 0.05) is 19.6 Å². The lowest BCUT2D eigenvalue weighted by Crippen LogP contribution is -2.46. The highest BCUT2D eigenvalue weighted by Crippen LogP contribution is 2.09. The molecule has 0 aromatic rings. The molecule has 1 rings (SSSR count). The van der Waals surface area contributed by atoms with E-state index in [-0.39, 0.29) is 6.10 Å². The van der Waals surface area contributed by atoms with E-state index in [1.54, 1.807) is 0 Å². The maximum absolute atomic E-state index is 10.6. The quantitative estimate of drug-likeness (QED) is 0.751. The van der Waals surface area contributed by atoms with Crippen molar-refractivity contribution in [3.8, 4) is 0 Å². The summed E-state index contributed by atoms with van der Waals surface area (Å²) < 4.78 is 10.8. The van der Waals surface area contributed by atoms with Gasteiger partial charge in [-0.2, -0.15) is 0 Å². The Kier molecular flexibility index (Phi) is 5.88. The molecule has 5 nitrogen and oxygen atoms in total. The summed E-state index contributed by atoms with van der Waals surface area (Å²) in [5, 5.41) is 8.71. The summed E-state index contributed by atoms with van der Waals surface area (Å²) in [6.07, 6.45) is -0.775. The molecule has 1 N–H and O–H groups in total. The van der Waals surface area contributed by atoms with Crippen LogP contribution in [0.15, 0.2) is 0 Å². The van der Waals surface area contributed by atoms with Crippen LogP contribution in [0.1, 0.15) is 20.8 Å². The minimum absolute atomic E-state index is 0.00991. The zero-order chi connectivity index (χ0) is 12.8. The third-order valence-corrected chi connectivity index (χ3v) is 2.73. The molecule has 1 aliphatic rings. The van der Waals surface area contributed by atoms with Crippen LogP contribution < -0.4 is 0 Å². The first-order valence-electron chi connectivity index (χ1n) is 6.17. The fourth-order valence-corrected chi connectivity index (χ4v) is 1.89. The summed E-state index contributed by atoms with van der Waals surface area (Å²) in [6.45, 7) is 9.78. The smallest absolute Gasteiger partial charge is 0.332 e. The van der Waals surface area contributed by atoms with Gasteiger partial charge in [-0.15, -0.1) is 0 Å². The van der Waals surface area contributed by atoms with E-state index in [0.29, 0.717) is 19.1 Å². The molecule has 0 radical (unpaired) electrons. The Balaban J connectivity index is 2.27. The number of aliphatic carboxylic acids is 1. The second-order valence-corrected chi connectivity index (χ2v) is 4.96. The lowest BCUT2D eigenvalue weighted by atomic mass is 10.2. The average Bonchev–Trinajstić information content (AvgIpc) is 2.25. The maximum Gasteiger partial charge on any atom is 0.332 e. The molecule has 17 heavy (non-hydrogen) atoms. The van der Waals surface area contributed by atoms with E-state index in [0.717, 1.165) is 19.6 Å². The van der Waals surface area contributed by atoms with Crippen LogP contribution in [0.4, 0.5) is 0 Å². The lowest BCUT2D eigenvalue weighted by Gasteiger charge is -2.33. The van der Waals surface area contributed by atoms with E-state index in [9.17, 15) is 4.79 Å². The van der Waals surface area contributed by atoms with Crippen molar-refractivity contribution in [2.45, 2.75) is 33.0 Å². The number of hydrogen-bond acceptors (Lipinski definition) is 4. The van der Waals surface area contributed by atoms with Gasteiger partial charge in [-0.25, -0.2) is 4.79 Å². The molecule has 5 heteroatoms. The van der Waals surface area contributed by atoms with Crippen LogP contribution in [0.25, 0.3) is 0 Å². The summed E-state index contributed by atoms with van der Waals surface area (Å²) in [4.78, 5) is 12.9. The van der Waals surface area contributed by atoms with Crippen LogP contribution in [0, 0.1) is 5.92 Å². The first kappa shape index (κ1) is 14.4. The zero-order valence-electron chi connectivity index (χ0n) is 10.9. The Bertz CT molecular complexity index is 245. The molecule has 0 spiro atoms. The van der Waals surface area contributed by atoms with Gasteiger partial charge in [-0.1, -0.05) is 13.8 Å². The fourth-order valence-electron chi connectivity index (χ4n) is 1.89. The number of carbonyl (C=O) groups is 1. The first-order valence-corrected chi connectivity index (χ1v) is 6.17. The molecule has 2 unspecified atom stereocenters. The average molecular weight is 245 g/mol. The van der Waals surface area contributed by atoms with Crippen molar-refractivity contribution in [1.82, 2.24) is 4.90 Å². The predicted octanol–water partition coefficient (Wildman–Crippen LogP) is 0.833. The van der Waals surface area contributed by atoms with E-state index < -0.39 is 12.1 Å². The highest BCUT2D eigenvalue weighted by atomic mass is 16.5. The maximum atomic E-state index is 10.6. The van der Waals surface area contributed by atoms with Crippen molar-refractivity contribution in [3.63, 3.8) is 0 Å². The monoisotopic (exact) mass is 245 g/mol. The van der Waals surface area contributed by atoms with E-state index in [2.05, 4.69) is 18.7 Å². The third kappa shape index (κ3) is 5.48. The van der Waals surface area contributed by atoms with Crippen molar-refractivity contribution in [2.75, 3.05) is 32.8 Å². The number of rotatable bonds is 6. The second kappa shape index (κ2) is 6.93. The van der Waals surface area contributed by atoms with Crippen molar-refractivity contribution in [1.29, 1.82) is 0 Å². The highest BCUT2D eigenvalue weighted by Gasteiger charge is 2.22. The normalized spacial score (nSPS) is 23.9. The Morgan fingerprint density at radius 3 is 2.82 bits per heavy atom. The molecule has 0 bridgehead atoms. The van der Waals surface area contributed by atoms with Crippen molar-refractivity contribution in [3.05, 3.63) is 0 Å². The highest BCUT2D eigenvalue weighted by molar-refractivity contribution is 5.71. The van der Waals surface area contributed by atoms with Gasteiger partial charge in [-0.3, -0.25) is 4.90 Å². The third-order valence-electron chi connectivity index (χ3n) is 2.73. The summed E-state index contributed by atoms with van der Waals surface area (Å²) in [5.41, 5.74) is 0. The molecule has 2 atom stereocenters. The summed E-state index contributed by atoms with van der Waals surface area (Å²) in [6, 6.07) is 0. The van der Waals surface area contributed by atoms with Crippen LogP contribution in [-0.2, 0) is 14.3 Å². The lowest BCUT2D eigenvalue weighted by molar-refractivity contribution is -0.153. The van der Waals surface area contributed by atoms with Gasteiger partial charge < -0.3 is 14.6 Å². The molecule has 0 aliphatic carbocycles. The van der Waals surface area contributed by atoms with Gasteiger partial charge in [0.05, 0.1) is 19.3 Å². The number of ether oxygens (including phenoxy) is 2. The van der Waals surface area contributed by atoms with E-state index in [4.69, 9.17) is 14.6 Å². The van der Waals surface area contributed by atoms with Crippen LogP contribution >= 0.6 is 0 Å². The Morgan fingerprint density at radius 2 is 2.24 bits per heavy atom.